The maximum Gasteiger partial charge on any atom is 0.339 e. The number of alkyl halides is 1. The van der Waals surface area contributed by atoms with Crippen LogP contribution in [0.4, 0.5) is 0 Å². The van der Waals surface area contributed by atoms with E-state index in [1.165, 1.54) is 29.2 Å². The van der Waals surface area contributed by atoms with Gasteiger partial charge in [0.25, 0.3) is 0 Å². The monoisotopic (exact) mass is 473 g/mol. The van der Waals surface area contributed by atoms with Crippen LogP contribution in [0.15, 0.2) is 83.8 Å². The van der Waals surface area contributed by atoms with E-state index in [2.05, 4.69) is 0 Å². The maximum atomic E-state index is 12.4. The van der Waals surface area contributed by atoms with Crippen LogP contribution in [0.1, 0.15) is 22.8 Å². The Bertz CT molecular complexity index is 1130. The van der Waals surface area contributed by atoms with Gasteiger partial charge in [-0.25, -0.2) is 0 Å². The molecule has 0 heterocycles. The summed E-state index contributed by atoms with van der Waals surface area (Å²) in [5, 5.41) is 10.6. The van der Waals surface area contributed by atoms with E-state index in [4.69, 9.17) is 15.8 Å². The van der Waals surface area contributed by atoms with Crippen LogP contribution in [0.25, 0.3) is 0 Å². The van der Waals surface area contributed by atoms with Crippen LogP contribution in [0, 0.1) is 6.92 Å². The highest BCUT2D eigenvalue weighted by Crippen LogP contribution is 2.23. The molecule has 0 unspecified atom stereocenters. The van der Waals surface area contributed by atoms with Gasteiger partial charge in [0.1, 0.15) is 16.5 Å². The molecule has 8 heteroatoms. The molecular weight excluding hydrogens is 450 g/mol. The van der Waals surface area contributed by atoms with Crippen LogP contribution in [-0.4, -0.2) is 36.8 Å². The van der Waals surface area contributed by atoms with Crippen LogP contribution in [0.5, 0.6) is 5.75 Å². The molecule has 0 aliphatic heterocycles. The molecule has 3 aromatic carbocycles. The molecule has 3 aromatic rings. The number of hydrogen-bond donors (Lipinski definition) is 1. The van der Waals surface area contributed by atoms with Gasteiger partial charge in [0.2, 0.25) is 5.91 Å². The third-order valence-corrected chi connectivity index (χ3v) is 6.35. The van der Waals surface area contributed by atoms with Crippen LogP contribution >= 0.6 is 11.6 Å². The van der Waals surface area contributed by atoms with Gasteiger partial charge in [-0.1, -0.05) is 60.2 Å². The van der Waals surface area contributed by atoms with Crippen LogP contribution in [-0.2, 0) is 21.5 Å². The number of aliphatic hydroxyl groups is 1. The standard InChI is InChI=1S/C24H24ClNO5S/c1-18-7-13-22(14-8-18)32(29,30)31-21-11-9-20(10-12-21)23(27)17-26(24(28)15-25)16-19-5-3-2-4-6-19/h2-14,23,27H,15-17H2,1H3/t23-/m1/s1. The molecule has 0 saturated heterocycles. The van der Waals surface area contributed by atoms with Crippen LogP contribution in [0.3, 0.4) is 0 Å². The summed E-state index contributed by atoms with van der Waals surface area (Å²) in [4.78, 5) is 13.8. The lowest BCUT2D eigenvalue weighted by atomic mass is 10.1. The molecule has 168 valence electrons. The molecule has 0 bridgehead atoms. The number of amides is 1. The summed E-state index contributed by atoms with van der Waals surface area (Å²) < 4.78 is 30.0. The summed E-state index contributed by atoms with van der Waals surface area (Å²) in [6.07, 6.45) is -0.978. The second-order valence-corrected chi connectivity index (χ2v) is 9.14. The second kappa shape index (κ2) is 10.6. The van der Waals surface area contributed by atoms with E-state index in [1.54, 1.807) is 24.3 Å². The van der Waals surface area contributed by atoms with Crippen LogP contribution < -0.4 is 4.18 Å². The van der Waals surface area contributed by atoms with Crippen molar-refractivity contribution < 1.29 is 22.5 Å². The molecule has 6 nitrogen and oxygen atoms in total. The Labute approximate surface area is 193 Å². The summed E-state index contributed by atoms with van der Waals surface area (Å²) in [5.74, 6) is -0.360. The molecule has 0 fully saturated rings. The lowest BCUT2D eigenvalue weighted by Gasteiger charge is -2.25. The summed E-state index contributed by atoms with van der Waals surface area (Å²) in [6.45, 7) is 2.23. The summed E-state index contributed by atoms with van der Waals surface area (Å²) >= 11 is 5.74. The Morgan fingerprint density at radius 1 is 1.00 bits per heavy atom. The third kappa shape index (κ3) is 6.32. The first-order chi connectivity index (χ1) is 15.3. The Kier molecular flexibility index (Phi) is 7.90. The smallest absolute Gasteiger partial charge is 0.339 e. The fourth-order valence-electron chi connectivity index (χ4n) is 3.08. The minimum Gasteiger partial charge on any atom is -0.387 e. The maximum absolute atomic E-state index is 12.4. The van der Waals surface area contributed by atoms with E-state index in [9.17, 15) is 18.3 Å². The summed E-state index contributed by atoms with van der Waals surface area (Å²) in [6, 6.07) is 21.8. The van der Waals surface area contributed by atoms with Gasteiger partial charge in [-0.05, 0) is 42.3 Å². The van der Waals surface area contributed by atoms with Crippen molar-refractivity contribution in [1.82, 2.24) is 4.90 Å². The van der Waals surface area contributed by atoms with Crippen molar-refractivity contribution in [3.05, 3.63) is 95.6 Å². The fraction of sp³-hybridized carbons (Fsp3) is 0.208. The van der Waals surface area contributed by atoms with Gasteiger partial charge in [-0.3, -0.25) is 4.79 Å². The predicted octanol–water partition coefficient (Wildman–Crippen LogP) is 4.06. The van der Waals surface area contributed by atoms with Gasteiger partial charge < -0.3 is 14.2 Å². The van der Waals surface area contributed by atoms with Crippen LogP contribution in [0.2, 0.25) is 0 Å². The van der Waals surface area contributed by atoms with Crippen molar-refractivity contribution in [2.75, 3.05) is 12.4 Å². The van der Waals surface area contributed by atoms with Gasteiger partial charge in [0.05, 0.1) is 12.6 Å². The average Bonchev–Trinajstić information content (AvgIpc) is 2.79. The number of hydrogen-bond acceptors (Lipinski definition) is 5. The molecule has 1 N–H and O–H groups in total. The molecule has 0 spiro atoms. The Balaban J connectivity index is 1.68. The van der Waals surface area contributed by atoms with Gasteiger partial charge in [-0.15, -0.1) is 11.6 Å². The van der Waals surface area contributed by atoms with Crippen molar-refractivity contribution in [1.29, 1.82) is 0 Å². The first-order valence-corrected chi connectivity index (χ1v) is 11.9. The lowest BCUT2D eigenvalue weighted by Crippen LogP contribution is -2.35. The number of halogens is 1. The first kappa shape index (κ1) is 23.8. The zero-order chi connectivity index (χ0) is 23.1. The topological polar surface area (TPSA) is 83.9 Å². The highest BCUT2D eigenvalue weighted by Gasteiger charge is 2.20. The Hall–Kier alpha value is -2.87. The number of carbonyl (C=O) groups excluding carboxylic acids is 1. The summed E-state index contributed by atoms with van der Waals surface area (Å²) in [5.41, 5.74) is 2.38. The zero-order valence-electron chi connectivity index (χ0n) is 17.5. The number of aliphatic hydroxyl groups excluding tert-OH is 1. The SMILES string of the molecule is Cc1ccc(S(=O)(=O)Oc2ccc([C@H](O)CN(Cc3ccccc3)C(=O)CCl)cc2)cc1. The van der Waals surface area contributed by atoms with Crippen molar-refractivity contribution in [2.24, 2.45) is 0 Å². The van der Waals surface area contributed by atoms with Crippen molar-refractivity contribution >= 4 is 27.6 Å². The summed E-state index contributed by atoms with van der Waals surface area (Å²) in [7, 11) is -3.96. The molecule has 1 atom stereocenters. The molecule has 0 aliphatic carbocycles. The minimum atomic E-state index is -3.96. The number of nitrogens with zero attached hydrogens (tertiary/aromatic N) is 1. The molecule has 0 aliphatic rings. The average molecular weight is 474 g/mol. The number of aryl methyl sites for hydroxylation is 1. The van der Waals surface area contributed by atoms with Gasteiger partial charge in [0.15, 0.2) is 0 Å². The van der Waals surface area contributed by atoms with E-state index in [1.807, 2.05) is 37.3 Å². The molecule has 0 radical (unpaired) electrons. The lowest BCUT2D eigenvalue weighted by molar-refractivity contribution is -0.130. The van der Waals surface area contributed by atoms with Crippen molar-refractivity contribution in [3.63, 3.8) is 0 Å². The molecular formula is C24H24ClNO5S. The third-order valence-electron chi connectivity index (χ3n) is 4.86. The van der Waals surface area contributed by atoms with Gasteiger partial charge >= 0.3 is 10.1 Å². The number of carbonyl (C=O) groups is 1. The highest BCUT2D eigenvalue weighted by atomic mass is 35.5. The first-order valence-electron chi connectivity index (χ1n) is 9.95. The van der Waals surface area contributed by atoms with E-state index in [-0.39, 0.29) is 29.0 Å². The van der Waals surface area contributed by atoms with E-state index in [0.29, 0.717) is 12.1 Å². The zero-order valence-corrected chi connectivity index (χ0v) is 19.1. The Morgan fingerprint density at radius 2 is 1.62 bits per heavy atom. The van der Waals surface area contributed by atoms with Gasteiger partial charge in [-0.2, -0.15) is 8.42 Å². The highest BCUT2D eigenvalue weighted by molar-refractivity contribution is 7.87. The number of rotatable bonds is 9. The quantitative estimate of drug-likeness (QED) is 0.374. The van der Waals surface area contributed by atoms with Crippen molar-refractivity contribution in [2.45, 2.75) is 24.5 Å². The molecule has 32 heavy (non-hydrogen) atoms. The van der Waals surface area contributed by atoms with E-state index < -0.39 is 16.2 Å². The second-order valence-electron chi connectivity index (χ2n) is 7.33. The Morgan fingerprint density at radius 3 is 2.22 bits per heavy atom. The minimum absolute atomic E-state index is 0.0440. The molecule has 1 amide bonds. The molecule has 0 saturated carbocycles. The number of benzene rings is 3. The largest absolute Gasteiger partial charge is 0.387 e. The van der Waals surface area contributed by atoms with Crippen molar-refractivity contribution in [3.8, 4) is 5.75 Å². The van der Waals surface area contributed by atoms with E-state index in [0.717, 1.165) is 11.1 Å². The normalized spacial score (nSPS) is 12.2. The molecule has 3 rings (SSSR count). The van der Waals surface area contributed by atoms with Gasteiger partial charge in [0, 0.05) is 6.54 Å². The van der Waals surface area contributed by atoms with E-state index >= 15 is 0 Å². The predicted molar refractivity (Wildman–Crippen MR) is 123 cm³/mol. The fourth-order valence-corrected chi connectivity index (χ4v) is 4.18. The molecule has 0 aromatic heterocycles.